The molecule has 2 saturated carbocycles. The number of nitrogens with zero attached hydrogens (tertiary/aromatic N) is 1. The van der Waals surface area contributed by atoms with Crippen LogP contribution in [0.5, 0.6) is 0 Å². The van der Waals surface area contributed by atoms with Gasteiger partial charge in [0.25, 0.3) is 0 Å². The van der Waals surface area contributed by atoms with Gasteiger partial charge in [-0.2, -0.15) is 0 Å². The molecule has 0 spiro atoms. The van der Waals surface area contributed by atoms with Gasteiger partial charge in [0.05, 0.1) is 0 Å². The van der Waals surface area contributed by atoms with E-state index in [1.165, 1.54) is 58.2 Å². The molecule has 1 aliphatic heterocycles. The molecule has 0 atom stereocenters. The fourth-order valence-corrected chi connectivity index (χ4v) is 3.50. The topological polar surface area (TPSA) is 15.3 Å². The van der Waals surface area contributed by atoms with Crippen LogP contribution in [-0.4, -0.2) is 36.6 Å². The predicted molar refractivity (Wildman–Crippen MR) is 67.5 cm³/mol. The molecule has 0 bridgehead atoms. The molecule has 0 aromatic rings. The Morgan fingerprint density at radius 3 is 2.25 bits per heavy atom. The zero-order chi connectivity index (χ0) is 11.0. The molecule has 3 fully saturated rings. The van der Waals surface area contributed by atoms with Gasteiger partial charge in [-0.1, -0.05) is 6.92 Å². The quantitative estimate of drug-likeness (QED) is 0.785. The highest BCUT2D eigenvalue weighted by Crippen LogP contribution is 2.39. The van der Waals surface area contributed by atoms with Crippen molar-refractivity contribution in [3.63, 3.8) is 0 Å². The van der Waals surface area contributed by atoms with E-state index >= 15 is 0 Å². The van der Waals surface area contributed by atoms with E-state index in [1.54, 1.807) is 0 Å². The smallest absolute Gasteiger partial charge is 0.0103 e. The van der Waals surface area contributed by atoms with Crippen LogP contribution in [0, 0.1) is 11.8 Å². The minimum atomic E-state index is 0.956. The third kappa shape index (κ3) is 2.43. The van der Waals surface area contributed by atoms with Crippen LogP contribution in [0.1, 0.15) is 45.4 Å². The minimum absolute atomic E-state index is 0.956. The summed E-state index contributed by atoms with van der Waals surface area (Å²) >= 11 is 0. The second-order valence-corrected chi connectivity index (χ2v) is 6.35. The molecule has 16 heavy (non-hydrogen) atoms. The summed E-state index contributed by atoms with van der Waals surface area (Å²) in [5.41, 5.74) is 0. The molecular weight excluding hydrogens is 196 g/mol. The van der Waals surface area contributed by atoms with Crippen LogP contribution < -0.4 is 5.32 Å². The lowest BCUT2D eigenvalue weighted by Gasteiger charge is -2.44. The first-order chi connectivity index (χ1) is 7.83. The lowest BCUT2D eigenvalue weighted by Crippen LogP contribution is -2.48. The summed E-state index contributed by atoms with van der Waals surface area (Å²) < 4.78 is 0. The minimum Gasteiger partial charge on any atom is -0.317 e. The van der Waals surface area contributed by atoms with Crippen LogP contribution >= 0.6 is 0 Å². The average Bonchev–Trinajstić information content (AvgIpc) is 3.07. The van der Waals surface area contributed by atoms with E-state index in [2.05, 4.69) is 17.1 Å². The third-order valence-electron chi connectivity index (χ3n) is 4.76. The molecule has 0 aromatic heterocycles. The van der Waals surface area contributed by atoms with E-state index in [0.717, 1.165) is 23.9 Å². The Bertz CT molecular complexity index is 225. The summed E-state index contributed by atoms with van der Waals surface area (Å²) in [4.78, 5) is 2.88. The first-order valence-electron chi connectivity index (χ1n) is 7.29. The van der Waals surface area contributed by atoms with Crippen LogP contribution in [-0.2, 0) is 0 Å². The fourth-order valence-electron chi connectivity index (χ4n) is 3.50. The van der Waals surface area contributed by atoms with Gasteiger partial charge in [0.15, 0.2) is 0 Å². The van der Waals surface area contributed by atoms with Gasteiger partial charge in [-0.25, -0.2) is 0 Å². The Labute approximate surface area is 99.8 Å². The molecule has 0 aromatic carbocycles. The highest BCUT2D eigenvalue weighted by atomic mass is 15.2. The zero-order valence-corrected chi connectivity index (χ0v) is 10.6. The van der Waals surface area contributed by atoms with E-state index in [-0.39, 0.29) is 0 Å². The molecule has 0 radical (unpaired) electrons. The Balaban J connectivity index is 1.52. The van der Waals surface area contributed by atoms with Crippen molar-refractivity contribution in [3.05, 3.63) is 0 Å². The van der Waals surface area contributed by atoms with Crippen molar-refractivity contribution >= 4 is 0 Å². The van der Waals surface area contributed by atoms with Crippen LogP contribution in [0.2, 0.25) is 0 Å². The highest BCUT2D eigenvalue weighted by Gasteiger charge is 2.39. The molecule has 0 amide bonds. The van der Waals surface area contributed by atoms with Gasteiger partial charge in [0, 0.05) is 18.6 Å². The van der Waals surface area contributed by atoms with Crippen molar-refractivity contribution in [2.24, 2.45) is 11.8 Å². The van der Waals surface area contributed by atoms with Crippen molar-refractivity contribution in [2.75, 3.05) is 19.6 Å². The van der Waals surface area contributed by atoms with Gasteiger partial charge in [-0.3, -0.25) is 4.90 Å². The summed E-state index contributed by atoms with van der Waals surface area (Å²) in [6, 6.07) is 1.93. The summed E-state index contributed by atoms with van der Waals surface area (Å²) in [5.74, 6) is 1.98. The maximum absolute atomic E-state index is 3.48. The van der Waals surface area contributed by atoms with Crippen LogP contribution in [0.4, 0.5) is 0 Å². The first kappa shape index (κ1) is 11.0. The zero-order valence-electron chi connectivity index (χ0n) is 10.6. The highest BCUT2D eigenvalue weighted by molar-refractivity contribution is 4.95. The number of hydrogen-bond acceptors (Lipinski definition) is 2. The molecule has 3 aliphatic rings. The molecular formula is C14H26N2. The molecule has 3 rings (SSSR count). The van der Waals surface area contributed by atoms with Crippen molar-refractivity contribution in [3.8, 4) is 0 Å². The van der Waals surface area contributed by atoms with Crippen molar-refractivity contribution in [1.29, 1.82) is 0 Å². The van der Waals surface area contributed by atoms with Gasteiger partial charge in [0.2, 0.25) is 0 Å². The van der Waals surface area contributed by atoms with E-state index in [0.29, 0.717) is 0 Å². The Kier molecular flexibility index (Phi) is 3.21. The van der Waals surface area contributed by atoms with E-state index in [9.17, 15) is 0 Å². The van der Waals surface area contributed by atoms with Crippen molar-refractivity contribution in [2.45, 2.75) is 57.5 Å². The van der Waals surface area contributed by atoms with Crippen LogP contribution in [0.3, 0.4) is 0 Å². The summed E-state index contributed by atoms with van der Waals surface area (Å²) in [6.07, 6.45) is 8.73. The lowest BCUT2D eigenvalue weighted by atomic mass is 9.80. The second kappa shape index (κ2) is 4.66. The maximum atomic E-state index is 3.48. The normalized spacial score (nSPS) is 36.4. The molecule has 1 heterocycles. The first-order valence-corrected chi connectivity index (χ1v) is 7.29. The number of rotatable bonds is 4. The van der Waals surface area contributed by atoms with Gasteiger partial charge in [-0.15, -0.1) is 0 Å². The molecule has 1 N–H and O–H groups in total. The summed E-state index contributed by atoms with van der Waals surface area (Å²) in [6.45, 7) is 6.32. The molecule has 92 valence electrons. The summed E-state index contributed by atoms with van der Waals surface area (Å²) in [7, 11) is 0. The number of hydrogen-bond donors (Lipinski definition) is 1. The molecule has 1 saturated heterocycles. The van der Waals surface area contributed by atoms with Crippen LogP contribution in [0.15, 0.2) is 0 Å². The van der Waals surface area contributed by atoms with E-state index in [1.807, 2.05) is 0 Å². The van der Waals surface area contributed by atoms with E-state index < -0.39 is 0 Å². The monoisotopic (exact) mass is 222 g/mol. The van der Waals surface area contributed by atoms with Gasteiger partial charge in [-0.05, 0) is 63.5 Å². The largest absolute Gasteiger partial charge is 0.317 e. The van der Waals surface area contributed by atoms with Crippen molar-refractivity contribution in [1.82, 2.24) is 10.2 Å². The molecule has 0 unspecified atom stereocenters. The third-order valence-corrected chi connectivity index (χ3v) is 4.76. The van der Waals surface area contributed by atoms with Gasteiger partial charge < -0.3 is 5.32 Å². The molecule has 2 heteroatoms. The van der Waals surface area contributed by atoms with Gasteiger partial charge >= 0.3 is 0 Å². The predicted octanol–water partition coefficient (Wildman–Crippen LogP) is 2.25. The second-order valence-electron chi connectivity index (χ2n) is 6.35. The average molecular weight is 222 g/mol. The summed E-state index contributed by atoms with van der Waals surface area (Å²) in [5, 5.41) is 3.48. The van der Waals surface area contributed by atoms with Crippen molar-refractivity contribution < 1.29 is 0 Å². The standard InChI is InChI=1S/C14H26N2/c1-11-8-14(9-11)16(13-2-3-13)10-12-4-6-15-7-5-12/h11-15H,2-10H2,1H3. The molecule has 2 nitrogen and oxygen atoms in total. The lowest BCUT2D eigenvalue weighted by molar-refractivity contribution is 0.0590. The maximum Gasteiger partial charge on any atom is 0.0103 e. The van der Waals surface area contributed by atoms with Gasteiger partial charge in [0.1, 0.15) is 0 Å². The number of nitrogens with one attached hydrogen (secondary N) is 1. The Hall–Kier alpha value is -0.0800. The fraction of sp³-hybridized carbons (Fsp3) is 1.00. The SMILES string of the molecule is CC1CC(N(CC2CCNCC2)C2CC2)C1. The Morgan fingerprint density at radius 1 is 1.00 bits per heavy atom. The number of piperidine rings is 1. The van der Waals surface area contributed by atoms with Crippen LogP contribution in [0.25, 0.3) is 0 Å². The van der Waals surface area contributed by atoms with E-state index in [4.69, 9.17) is 0 Å². The Morgan fingerprint density at radius 2 is 1.69 bits per heavy atom. The molecule has 2 aliphatic carbocycles.